The van der Waals surface area contributed by atoms with Gasteiger partial charge in [0.05, 0.1) is 6.42 Å². The van der Waals surface area contributed by atoms with Crippen molar-refractivity contribution in [3.05, 3.63) is 35.4 Å². The average molecular weight is 236 g/mol. The Labute approximate surface area is 102 Å². The SMILES string of the molecule is COC(O)CC(=O)c1ccc(C(C)(C)C)cc1. The van der Waals surface area contributed by atoms with E-state index in [2.05, 4.69) is 25.5 Å². The highest BCUT2D eigenvalue weighted by atomic mass is 16.6. The highest BCUT2D eigenvalue weighted by Crippen LogP contribution is 2.22. The van der Waals surface area contributed by atoms with E-state index >= 15 is 0 Å². The van der Waals surface area contributed by atoms with Gasteiger partial charge in [0, 0.05) is 12.7 Å². The lowest BCUT2D eigenvalue weighted by atomic mass is 9.86. The van der Waals surface area contributed by atoms with Gasteiger partial charge in [0.2, 0.25) is 0 Å². The molecule has 0 radical (unpaired) electrons. The van der Waals surface area contributed by atoms with Gasteiger partial charge in [-0.15, -0.1) is 0 Å². The lowest BCUT2D eigenvalue weighted by molar-refractivity contribution is -0.0716. The zero-order valence-electron chi connectivity index (χ0n) is 10.9. The molecule has 3 nitrogen and oxygen atoms in total. The van der Waals surface area contributed by atoms with Crippen LogP contribution in [0.15, 0.2) is 24.3 Å². The second kappa shape index (κ2) is 5.43. The van der Waals surface area contributed by atoms with Gasteiger partial charge < -0.3 is 9.84 Å². The molecule has 1 aromatic rings. The van der Waals surface area contributed by atoms with Gasteiger partial charge in [-0.3, -0.25) is 4.79 Å². The van der Waals surface area contributed by atoms with Gasteiger partial charge in [-0.05, 0) is 11.0 Å². The van der Waals surface area contributed by atoms with E-state index in [9.17, 15) is 9.90 Å². The summed E-state index contributed by atoms with van der Waals surface area (Å²) in [6.45, 7) is 6.37. The first-order valence-corrected chi connectivity index (χ1v) is 5.69. The largest absolute Gasteiger partial charge is 0.368 e. The van der Waals surface area contributed by atoms with E-state index in [4.69, 9.17) is 0 Å². The van der Waals surface area contributed by atoms with Gasteiger partial charge in [0.15, 0.2) is 12.1 Å². The summed E-state index contributed by atoms with van der Waals surface area (Å²) in [6.07, 6.45) is -1.03. The van der Waals surface area contributed by atoms with Crippen LogP contribution in [0.5, 0.6) is 0 Å². The van der Waals surface area contributed by atoms with Crippen molar-refractivity contribution in [2.24, 2.45) is 0 Å². The molecule has 1 unspecified atom stereocenters. The summed E-state index contributed by atoms with van der Waals surface area (Å²) in [7, 11) is 1.38. The molecule has 0 spiro atoms. The summed E-state index contributed by atoms with van der Waals surface area (Å²) in [5, 5.41) is 9.23. The number of benzene rings is 1. The van der Waals surface area contributed by atoms with Gasteiger partial charge in [-0.1, -0.05) is 45.0 Å². The molecule has 0 aliphatic rings. The predicted molar refractivity (Wildman–Crippen MR) is 67.1 cm³/mol. The Morgan fingerprint density at radius 2 is 1.82 bits per heavy atom. The lowest BCUT2D eigenvalue weighted by Crippen LogP contribution is -2.16. The predicted octanol–water partition coefficient (Wildman–Crippen LogP) is 2.52. The van der Waals surface area contributed by atoms with Crippen molar-refractivity contribution in [2.75, 3.05) is 7.11 Å². The van der Waals surface area contributed by atoms with Gasteiger partial charge >= 0.3 is 0 Å². The van der Waals surface area contributed by atoms with Gasteiger partial charge in [-0.25, -0.2) is 0 Å². The number of aliphatic hydroxyl groups excluding tert-OH is 1. The van der Waals surface area contributed by atoms with Crippen LogP contribution in [0.1, 0.15) is 43.1 Å². The summed E-state index contributed by atoms with van der Waals surface area (Å²) < 4.78 is 4.66. The Balaban J connectivity index is 2.78. The molecule has 1 aromatic carbocycles. The first-order chi connectivity index (χ1) is 7.84. The number of hydrogen-bond acceptors (Lipinski definition) is 3. The third-order valence-corrected chi connectivity index (χ3v) is 2.70. The van der Waals surface area contributed by atoms with Crippen LogP contribution in [0.2, 0.25) is 0 Å². The van der Waals surface area contributed by atoms with Crippen molar-refractivity contribution in [3.8, 4) is 0 Å². The van der Waals surface area contributed by atoms with Crippen molar-refractivity contribution in [3.63, 3.8) is 0 Å². The minimum Gasteiger partial charge on any atom is -0.368 e. The van der Waals surface area contributed by atoms with Gasteiger partial charge in [0.25, 0.3) is 0 Å². The quantitative estimate of drug-likeness (QED) is 0.645. The van der Waals surface area contributed by atoms with Crippen LogP contribution < -0.4 is 0 Å². The number of rotatable bonds is 4. The Hall–Kier alpha value is -1.19. The van der Waals surface area contributed by atoms with Crippen LogP contribution in [0.3, 0.4) is 0 Å². The maximum Gasteiger partial charge on any atom is 0.167 e. The molecule has 3 heteroatoms. The first-order valence-electron chi connectivity index (χ1n) is 5.69. The van der Waals surface area contributed by atoms with Crippen molar-refractivity contribution in [2.45, 2.75) is 38.9 Å². The monoisotopic (exact) mass is 236 g/mol. The highest BCUT2D eigenvalue weighted by molar-refractivity contribution is 5.96. The van der Waals surface area contributed by atoms with E-state index in [1.807, 2.05) is 12.1 Å². The van der Waals surface area contributed by atoms with E-state index in [1.165, 1.54) is 12.7 Å². The molecular weight excluding hydrogens is 216 g/mol. The molecule has 0 aliphatic heterocycles. The number of methoxy groups -OCH3 is 1. The number of Topliss-reactive ketones (excluding diaryl/α,β-unsaturated/α-hetero) is 1. The van der Waals surface area contributed by atoms with Crippen LogP contribution >= 0.6 is 0 Å². The minimum atomic E-state index is -1.02. The molecule has 1 rings (SSSR count). The fraction of sp³-hybridized carbons (Fsp3) is 0.500. The first kappa shape index (κ1) is 13.9. The molecule has 0 aliphatic carbocycles. The van der Waals surface area contributed by atoms with Gasteiger partial charge in [-0.2, -0.15) is 0 Å². The molecule has 0 aromatic heterocycles. The standard InChI is InChI=1S/C14H20O3/c1-14(2,3)11-7-5-10(6-8-11)12(15)9-13(16)17-4/h5-8,13,16H,9H2,1-4H3. The van der Waals surface area contributed by atoms with E-state index in [1.54, 1.807) is 12.1 Å². The Kier molecular flexibility index (Phi) is 4.43. The number of ether oxygens (including phenoxy) is 1. The molecule has 1 N–H and O–H groups in total. The number of aliphatic hydroxyl groups is 1. The molecule has 1 atom stereocenters. The van der Waals surface area contributed by atoms with Crippen LogP contribution in [-0.4, -0.2) is 24.3 Å². The zero-order chi connectivity index (χ0) is 13.1. The van der Waals surface area contributed by atoms with Crippen molar-refractivity contribution < 1.29 is 14.6 Å². The summed E-state index contributed by atoms with van der Waals surface area (Å²) in [5.41, 5.74) is 1.86. The lowest BCUT2D eigenvalue weighted by Gasteiger charge is -2.19. The second-order valence-electron chi connectivity index (χ2n) is 5.15. The molecule has 0 bridgehead atoms. The Bertz CT molecular complexity index is 373. The fourth-order valence-electron chi connectivity index (χ4n) is 1.52. The van der Waals surface area contributed by atoms with E-state index in [0.717, 1.165) is 0 Å². The van der Waals surface area contributed by atoms with E-state index in [0.29, 0.717) is 5.56 Å². The molecule has 0 heterocycles. The minimum absolute atomic E-state index is 0.00857. The van der Waals surface area contributed by atoms with Crippen molar-refractivity contribution in [1.82, 2.24) is 0 Å². The third-order valence-electron chi connectivity index (χ3n) is 2.70. The van der Waals surface area contributed by atoms with Crippen LogP contribution in [0.4, 0.5) is 0 Å². The molecule has 94 valence electrons. The smallest absolute Gasteiger partial charge is 0.167 e. The molecule has 0 saturated heterocycles. The zero-order valence-corrected chi connectivity index (χ0v) is 10.9. The second-order valence-corrected chi connectivity index (χ2v) is 5.15. The molecule has 17 heavy (non-hydrogen) atoms. The summed E-state index contributed by atoms with van der Waals surface area (Å²) in [4.78, 5) is 11.7. The summed E-state index contributed by atoms with van der Waals surface area (Å²) in [5.74, 6) is -0.111. The number of carbonyl (C=O) groups is 1. The number of hydrogen-bond donors (Lipinski definition) is 1. The molecule has 0 amide bonds. The average Bonchev–Trinajstić information content (AvgIpc) is 2.27. The normalized spacial score (nSPS) is 13.5. The maximum atomic E-state index is 11.7. The maximum absolute atomic E-state index is 11.7. The Morgan fingerprint density at radius 1 is 1.29 bits per heavy atom. The van der Waals surface area contributed by atoms with Crippen molar-refractivity contribution >= 4 is 5.78 Å². The Morgan fingerprint density at radius 3 is 2.24 bits per heavy atom. The topological polar surface area (TPSA) is 46.5 Å². The van der Waals surface area contributed by atoms with E-state index in [-0.39, 0.29) is 17.6 Å². The number of carbonyl (C=O) groups excluding carboxylic acids is 1. The van der Waals surface area contributed by atoms with Crippen LogP contribution in [-0.2, 0) is 10.2 Å². The third kappa shape index (κ3) is 3.95. The van der Waals surface area contributed by atoms with Crippen molar-refractivity contribution in [1.29, 1.82) is 0 Å². The molecule has 0 saturated carbocycles. The summed E-state index contributed by atoms with van der Waals surface area (Å²) >= 11 is 0. The highest BCUT2D eigenvalue weighted by Gasteiger charge is 2.15. The van der Waals surface area contributed by atoms with Crippen LogP contribution in [0.25, 0.3) is 0 Å². The molecular formula is C14H20O3. The number of ketones is 1. The summed E-state index contributed by atoms with van der Waals surface area (Å²) in [6, 6.07) is 7.50. The molecule has 0 fully saturated rings. The van der Waals surface area contributed by atoms with E-state index < -0.39 is 6.29 Å². The fourth-order valence-corrected chi connectivity index (χ4v) is 1.52. The van der Waals surface area contributed by atoms with Gasteiger partial charge in [0.1, 0.15) is 0 Å². The van der Waals surface area contributed by atoms with Crippen LogP contribution in [0, 0.1) is 0 Å².